The quantitative estimate of drug-likeness (QED) is 0.335. The lowest BCUT2D eigenvalue weighted by molar-refractivity contribution is 0.0176. The largest absolute Gasteiger partial charge is 0.401 e. The van der Waals surface area contributed by atoms with Crippen LogP contribution in [0.2, 0.25) is 0 Å². The van der Waals surface area contributed by atoms with E-state index in [0.717, 1.165) is 34.4 Å². The summed E-state index contributed by atoms with van der Waals surface area (Å²) < 4.78 is 29.5. The van der Waals surface area contributed by atoms with E-state index >= 15 is 0 Å². The van der Waals surface area contributed by atoms with Gasteiger partial charge in [-0.3, -0.25) is 5.41 Å². The van der Waals surface area contributed by atoms with Crippen LogP contribution in [0.5, 0.6) is 0 Å². The van der Waals surface area contributed by atoms with Crippen molar-refractivity contribution in [3.63, 3.8) is 0 Å². The smallest absolute Gasteiger partial charge is 0.263 e. The van der Waals surface area contributed by atoms with Gasteiger partial charge in [-0.2, -0.15) is 0 Å². The van der Waals surface area contributed by atoms with Gasteiger partial charge >= 0.3 is 0 Å². The number of hydrogen-bond acceptors (Lipinski definition) is 4. The third-order valence-electron chi connectivity index (χ3n) is 5.80. The van der Waals surface area contributed by atoms with Gasteiger partial charge in [0.2, 0.25) is 0 Å². The van der Waals surface area contributed by atoms with Crippen molar-refractivity contribution in [2.24, 2.45) is 11.5 Å². The number of allylic oxidation sites excluding steroid dienone is 2. The minimum Gasteiger partial charge on any atom is -0.401 e. The Kier molecular flexibility index (Phi) is 6.39. The number of halogens is 2. The number of amidine groups is 1. The van der Waals surface area contributed by atoms with E-state index < -0.39 is 5.92 Å². The van der Waals surface area contributed by atoms with Gasteiger partial charge in [-0.15, -0.1) is 0 Å². The van der Waals surface area contributed by atoms with Crippen molar-refractivity contribution in [2.45, 2.75) is 69.7 Å². The predicted octanol–water partition coefficient (Wildman–Crippen LogP) is 5.23. The Morgan fingerprint density at radius 1 is 1.31 bits per heavy atom. The van der Waals surface area contributed by atoms with E-state index in [2.05, 4.69) is 19.1 Å². The van der Waals surface area contributed by atoms with Crippen LogP contribution >= 0.6 is 11.9 Å². The van der Waals surface area contributed by atoms with Gasteiger partial charge in [0.1, 0.15) is 5.84 Å². The summed E-state index contributed by atoms with van der Waals surface area (Å²) in [5.41, 5.74) is 17.7. The standard InChI is InChI=1S/C22H30F2N4S/c1-4-14-11-22(23,24)12-28(14)29-15-6-7-17(13(3)10-15)18-8-9-19(25)20(21(26)27)16(18)5-2/h6-7,10,14H,4-5,8-9,11-12,25H2,1-3H3,(H3,26,27). The highest BCUT2D eigenvalue weighted by atomic mass is 32.2. The van der Waals surface area contributed by atoms with Crippen molar-refractivity contribution < 1.29 is 8.78 Å². The highest BCUT2D eigenvalue weighted by Gasteiger charge is 2.44. The number of hydrogen-bond donors (Lipinski definition) is 3. The maximum absolute atomic E-state index is 13.8. The van der Waals surface area contributed by atoms with E-state index in [0.29, 0.717) is 24.1 Å². The Morgan fingerprint density at radius 2 is 2.03 bits per heavy atom. The highest BCUT2D eigenvalue weighted by Crippen LogP contribution is 2.42. The van der Waals surface area contributed by atoms with Crippen LogP contribution in [0.4, 0.5) is 8.78 Å². The van der Waals surface area contributed by atoms with Gasteiger partial charge in [0.05, 0.1) is 6.54 Å². The molecule has 1 atom stereocenters. The number of nitrogens with two attached hydrogens (primary N) is 2. The second kappa shape index (κ2) is 8.48. The average Bonchev–Trinajstić information content (AvgIpc) is 2.95. The van der Waals surface area contributed by atoms with E-state index in [9.17, 15) is 8.78 Å². The summed E-state index contributed by atoms with van der Waals surface area (Å²) in [7, 11) is 0. The zero-order valence-corrected chi connectivity index (χ0v) is 18.1. The molecule has 0 bridgehead atoms. The highest BCUT2D eigenvalue weighted by molar-refractivity contribution is 7.97. The molecule has 1 saturated heterocycles. The molecule has 0 amide bonds. The molecule has 5 N–H and O–H groups in total. The van der Waals surface area contributed by atoms with Crippen LogP contribution < -0.4 is 11.5 Å². The summed E-state index contributed by atoms with van der Waals surface area (Å²) in [4.78, 5) is 0.971. The molecule has 7 heteroatoms. The molecule has 1 unspecified atom stereocenters. The van der Waals surface area contributed by atoms with Crippen LogP contribution in [0.3, 0.4) is 0 Å². The average molecular weight is 421 g/mol. The van der Waals surface area contributed by atoms with E-state index in [4.69, 9.17) is 16.9 Å². The number of nitrogens with one attached hydrogen (secondary N) is 1. The normalized spacial score (nSPS) is 22.4. The van der Waals surface area contributed by atoms with Crippen molar-refractivity contribution in [1.82, 2.24) is 4.31 Å². The molecule has 0 radical (unpaired) electrons. The van der Waals surface area contributed by atoms with E-state index in [1.54, 1.807) is 0 Å². The van der Waals surface area contributed by atoms with E-state index in [1.807, 2.05) is 24.2 Å². The second-order valence-electron chi connectivity index (χ2n) is 7.89. The van der Waals surface area contributed by atoms with Crippen molar-refractivity contribution in [3.8, 4) is 0 Å². The Hall–Kier alpha value is -1.86. The molecule has 3 rings (SSSR count). The molecule has 2 aliphatic rings. The monoisotopic (exact) mass is 420 g/mol. The Morgan fingerprint density at radius 3 is 2.62 bits per heavy atom. The first kappa shape index (κ1) is 21.8. The molecule has 1 fully saturated rings. The summed E-state index contributed by atoms with van der Waals surface area (Å²) >= 11 is 1.42. The van der Waals surface area contributed by atoms with Crippen molar-refractivity contribution in [1.29, 1.82) is 5.41 Å². The summed E-state index contributed by atoms with van der Waals surface area (Å²) in [6.07, 6.45) is 2.90. The number of benzene rings is 1. The fraction of sp³-hybridized carbons (Fsp3) is 0.500. The van der Waals surface area contributed by atoms with Gasteiger partial charge in [-0.25, -0.2) is 13.1 Å². The molecule has 1 aliphatic carbocycles. The second-order valence-corrected chi connectivity index (χ2v) is 9.01. The van der Waals surface area contributed by atoms with Crippen LogP contribution in [-0.4, -0.2) is 28.6 Å². The lowest BCUT2D eigenvalue weighted by Gasteiger charge is -2.26. The molecule has 1 aliphatic heterocycles. The summed E-state index contributed by atoms with van der Waals surface area (Å²) in [6.45, 7) is 5.86. The van der Waals surface area contributed by atoms with Gasteiger partial charge < -0.3 is 11.5 Å². The molecule has 1 aromatic carbocycles. The molecular formula is C22H30F2N4S. The predicted molar refractivity (Wildman–Crippen MR) is 117 cm³/mol. The van der Waals surface area contributed by atoms with E-state index in [1.165, 1.54) is 17.5 Å². The minimum atomic E-state index is -2.61. The molecular weight excluding hydrogens is 390 g/mol. The third kappa shape index (κ3) is 4.51. The van der Waals surface area contributed by atoms with Crippen molar-refractivity contribution in [2.75, 3.05) is 6.54 Å². The van der Waals surface area contributed by atoms with Gasteiger partial charge in [0.25, 0.3) is 5.92 Å². The number of alkyl halides is 2. The first-order chi connectivity index (χ1) is 13.7. The van der Waals surface area contributed by atoms with Crippen LogP contribution in [0.1, 0.15) is 57.1 Å². The zero-order valence-electron chi connectivity index (χ0n) is 17.3. The molecule has 1 aromatic rings. The van der Waals surface area contributed by atoms with Crippen LogP contribution in [0.25, 0.3) is 5.57 Å². The molecule has 29 heavy (non-hydrogen) atoms. The Bertz CT molecular complexity index is 876. The summed E-state index contributed by atoms with van der Waals surface area (Å²) in [5.74, 6) is -2.59. The van der Waals surface area contributed by atoms with Crippen molar-refractivity contribution in [3.05, 3.63) is 46.2 Å². The first-order valence-electron chi connectivity index (χ1n) is 10.2. The van der Waals surface area contributed by atoms with Crippen LogP contribution in [-0.2, 0) is 0 Å². The molecule has 0 spiro atoms. The molecule has 1 heterocycles. The first-order valence-corrected chi connectivity index (χ1v) is 10.9. The van der Waals surface area contributed by atoms with E-state index in [-0.39, 0.29) is 24.8 Å². The Labute approximate surface area is 176 Å². The van der Waals surface area contributed by atoms with Gasteiger partial charge in [-0.1, -0.05) is 19.9 Å². The van der Waals surface area contributed by atoms with Crippen LogP contribution in [0, 0.1) is 12.3 Å². The third-order valence-corrected chi connectivity index (χ3v) is 6.93. The maximum Gasteiger partial charge on any atom is 0.263 e. The lowest BCUT2D eigenvalue weighted by atomic mass is 9.82. The molecule has 0 aromatic heterocycles. The number of nitrogens with zero attached hydrogens (tertiary/aromatic N) is 1. The van der Waals surface area contributed by atoms with Gasteiger partial charge in [0.15, 0.2) is 0 Å². The van der Waals surface area contributed by atoms with Gasteiger partial charge in [0, 0.05) is 28.6 Å². The topological polar surface area (TPSA) is 79.1 Å². The number of aryl methyl sites for hydroxylation is 1. The fourth-order valence-electron chi connectivity index (χ4n) is 4.39. The summed E-state index contributed by atoms with van der Waals surface area (Å²) in [6, 6.07) is 6.04. The Balaban J connectivity index is 1.90. The molecule has 0 saturated carbocycles. The van der Waals surface area contributed by atoms with Crippen LogP contribution in [0.15, 0.2) is 39.9 Å². The maximum atomic E-state index is 13.8. The fourth-order valence-corrected chi connectivity index (χ4v) is 5.65. The minimum absolute atomic E-state index is 0.0157. The van der Waals surface area contributed by atoms with Crippen molar-refractivity contribution >= 4 is 23.4 Å². The molecule has 4 nitrogen and oxygen atoms in total. The zero-order chi connectivity index (χ0) is 21.3. The number of rotatable bonds is 6. The summed E-state index contributed by atoms with van der Waals surface area (Å²) in [5, 5.41) is 7.92. The lowest BCUT2D eigenvalue weighted by Crippen LogP contribution is -2.23. The molecule has 158 valence electrons. The van der Waals surface area contributed by atoms with Gasteiger partial charge in [-0.05, 0) is 79.0 Å². The SMILES string of the molecule is CCC1=C(c2ccc(SN3CC(F)(F)CC3CC)cc2C)CCC(N)=C1C(=N)N.